The summed E-state index contributed by atoms with van der Waals surface area (Å²) in [6.45, 7) is 0.855. The van der Waals surface area contributed by atoms with Crippen LogP contribution in [0, 0.1) is 18.3 Å². The predicted octanol–water partition coefficient (Wildman–Crippen LogP) is 2.44. The summed E-state index contributed by atoms with van der Waals surface area (Å²) < 4.78 is 61.4. The van der Waals surface area contributed by atoms with Gasteiger partial charge < -0.3 is 0 Å². The highest BCUT2D eigenvalue weighted by Crippen LogP contribution is 2.24. The Hall–Kier alpha value is -1.59. The molecule has 0 aromatic heterocycles. The van der Waals surface area contributed by atoms with Crippen LogP contribution in [0.5, 0.6) is 0 Å². The molecule has 0 bridgehead atoms. The van der Waals surface area contributed by atoms with Crippen LogP contribution in [0.15, 0.2) is 23.1 Å². The first-order valence-electron chi connectivity index (χ1n) is 5.62. The van der Waals surface area contributed by atoms with Crippen LogP contribution in [0.1, 0.15) is 17.5 Å². The zero-order chi connectivity index (χ0) is 15.6. The normalized spacial score (nSPS) is 12.4. The Morgan fingerprint density at radius 2 is 1.95 bits per heavy atom. The summed E-state index contributed by atoms with van der Waals surface area (Å²) in [5.41, 5.74) is 0.515. The number of sulfonamides is 1. The Balaban J connectivity index is 3.08. The van der Waals surface area contributed by atoms with Crippen LogP contribution < -0.4 is 0 Å². The summed E-state index contributed by atoms with van der Waals surface area (Å²) in [6.07, 6.45) is -5.65. The first-order valence-corrected chi connectivity index (χ1v) is 7.06. The van der Waals surface area contributed by atoms with Crippen molar-refractivity contribution in [2.24, 2.45) is 0 Å². The molecule has 8 heteroatoms. The molecule has 1 rings (SSSR count). The van der Waals surface area contributed by atoms with E-state index in [2.05, 4.69) is 0 Å². The van der Waals surface area contributed by atoms with Crippen LogP contribution >= 0.6 is 0 Å². The monoisotopic (exact) mass is 306 g/mol. The van der Waals surface area contributed by atoms with E-state index in [9.17, 15) is 21.6 Å². The molecule has 0 aliphatic heterocycles. The Labute approximate surface area is 115 Å². The minimum Gasteiger partial charge on any atom is -0.207 e. The number of hydrogen-bond acceptors (Lipinski definition) is 3. The summed E-state index contributed by atoms with van der Waals surface area (Å²) in [7, 11) is -2.96. The van der Waals surface area contributed by atoms with Crippen molar-refractivity contribution in [1.29, 1.82) is 5.26 Å². The second kappa shape index (κ2) is 5.81. The second-order valence-corrected chi connectivity index (χ2v) is 6.30. The average molecular weight is 306 g/mol. The number of aryl methyl sites for hydroxylation is 1. The van der Waals surface area contributed by atoms with Gasteiger partial charge in [-0.15, -0.1) is 0 Å². The van der Waals surface area contributed by atoms with Crippen LogP contribution in [0.2, 0.25) is 0 Å². The molecular weight excluding hydrogens is 293 g/mol. The number of benzene rings is 1. The lowest BCUT2D eigenvalue weighted by Gasteiger charge is -2.19. The summed E-state index contributed by atoms with van der Waals surface area (Å²) in [5, 5.41) is 8.76. The third kappa shape index (κ3) is 3.95. The van der Waals surface area contributed by atoms with E-state index in [4.69, 9.17) is 5.26 Å². The fraction of sp³-hybridized carbons (Fsp3) is 0.417. The zero-order valence-corrected chi connectivity index (χ0v) is 11.7. The molecule has 20 heavy (non-hydrogen) atoms. The van der Waals surface area contributed by atoms with E-state index in [1.54, 1.807) is 6.07 Å². The third-order valence-corrected chi connectivity index (χ3v) is 4.71. The van der Waals surface area contributed by atoms with Crippen LogP contribution in [0.4, 0.5) is 13.2 Å². The zero-order valence-electron chi connectivity index (χ0n) is 10.9. The molecule has 0 aliphatic rings. The highest BCUT2D eigenvalue weighted by atomic mass is 32.2. The number of alkyl halides is 3. The van der Waals surface area contributed by atoms with E-state index < -0.39 is 29.2 Å². The lowest BCUT2D eigenvalue weighted by Crippen LogP contribution is -2.31. The van der Waals surface area contributed by atoms with Gasteiger partial charge in [-0.3, -0.25) is 0 Å². The molecule has 0 N–H and O–H groups in total. The standard InChI is InChI=1S/C12H13F3N2O2S/c1-9-3-4-10(8-16)7-11(9)20(18,19)17(2)6-5-12(13,14)15/h3-4,7H,5-6H2,1-2H3. The molecule has 0 heterocycles. The molecule has 1 aromatic rings. The number of nitrogens with zero attached hydrogens (tertiary/aromatic N) is 2. The van der Waals surface area contributed by atoms with Gasteiger partial charge in [-0.05, 0) is 24.6 Å². The summed E-state index contributed by atoms with van der Waals surface area (Å²) in [6, 6.07) is 5.86. The average Bonchev–Trinajstić information content (AvgIpc) is 2.35. The Morgan fingerprint density at radius 1 is 1.35 bits per heavy atom. The summed E-state index contributed by atoms with van der Waals surface area (Å²) >= 11 is 0. The van der Waals surface area contributed by atoms with Crippen LogP contribution in [-0.4, -0.2) is 32.5 Å². The van der Waals surface area contributed by atoms with Gasteiger partial charge in [0.2, 0.25) is 10.0 Å². The minimum absolute atomic E-state index is 0.137. The molecule has 0 amide bonds. The molecule has 0 unspecified atom stereocenters. The molecule has 1 aromatic carbocycles. The van der Waals surface area contributed by atoms with Crippen molar-refractivity contribution in [2.45, 2.75) is 24.4 Å². The molecule has 4 nitrogen and oxygen atoms in total. The van der Waals surface area contributed by atoms with Crippen molar-refractivity contribution < 1.29 is 21.6 Å². The molecule has 0 saturated carbocycles. The molecule has 0 atom stereocenters. The predicted molar refractivity (Wildman–Crippen MR) is 66.4 cm³/mol. The van der Waals surface area contributed by atoms with Crippen molar-refractivity contribution in [3.8, 4) is 6.07 Å². The number of halogens is 3. The molecule has 0 aliphatic carbocycles. The maximum absolute atomic E-state index is 12.2. The van der Waals surface area contributed by atoms with E-state index in [1.165, 1.54) is 19.1 Å². The van der Waals surface area contributed by atoms with Gasteiger partial charge in [0, 0.05) is 13.6 Å². The van der Waals surface area contributed by atoms with E-state index in [0.717, 1.165) is 13.1 Å². The van der Waals surface area contributed by atoms with E-state index in [1.807, 2.05) is 0 Å². The van der Waals surface area contributed by atoms with Gasteiger partial charge in [-0.25, -0.2) is 12.7 Å². The molecule has 110 valence electrons. The van der Waals surface area contributed by atoms with Crippen LogP contribution in [0.25, 0.3) is 0 Å². The van der Waals surface area contributed by atoms with E-state index >= 15 is 0 Å². The SMILES string of the molecule is Cc1ccc(C#N)cc1S(=O)(=O)N(C)CCC(F)(F)F. The van der Waals surface area contributed by atoms with Crippen LogP contribution in [-0.2, 0) is 10.0 Å². The first kappa shape index (κ1) is 16.5. The van der Waals surface area contributed by atoms with Gasteiger partial charge in [0.05, 0.1) is 22.9 Å². The number of nitriles is 1. The minimum atomic E-state index is -4.42. The lowest BCUT2D eigenvalue weighted by molar-refractivity contribution is -0.135. The first-order chi connectivity index (χ1) is 9.08. The van der Waals surface area contributed by atoms with Crippen molar-refractivity contribution >= 4 is 10.0 Å². The van der Waals surface area contributed by atoms with Crippen molar-refractivity contribution in [3.63, 3.8) is 0 Å². The lowest BCUT2D eigenvalue weighted by atomic mass is 10.2. The maximum atomic E-state index is 12.2. The molecule has 0 saturated heterocycles. The van der Waals surface area contributed by atoms with Gasteiger partial charge in [-0.2, -0.15) is 18.4 Å². The Bertz CT molecular complexity index is 633. The highest BCUT2D eigenvalue weighted by molar-refractivity contribution is 7.89. The van der Waals surface area contributed by atoms with Gasteiger partial charge >= 0.3 is 6.18 Å². The van der Waals surface area contributed by atoms with Crippen molar-refractivity contribution in [1.82, 2.24) is 4.31 Å². The number of hydrogen-bond donors (Lipinski definition) is 0. The Morgan fingerprint density at radius 3 is 2.45 bits per heavy atom. The van der Waals surface area contributed by atoms with E-state index in [0.29, 0.717) is 9.87 Å². The van der Waals surface area contributed by atoms with Gasteiger partial charge in [0.25, 0.3) is 0 Å². The summed E-state index contributed by atoms with van der Waals surface area (Å²) in [5.74, 6) is 0. The Kier molecular flexibility index (Phi) is 4.78. The maximum Gasteiger partial charge on any atom is 0.390 e. The second-order valence-electron chi connectivity index (χ2n) is 4.28. The van der Waals surface area contributed by atoms with Crippen molar-refractivity contribution in [3.05, 3.63) is 29.3 Å². The molecular formula is C12H13F3N2O2S. The van der Waals surface area contributed by atoms with Crippen molar-refractivity contribution in [2.75, 3.05) is 13.6 Å². The quantitative estimate of drug-likeness (QED) is 0.858. The van der Waals surface area contributed by atoms with E-state index in [-0.39, 0.29) is 10.5 Å². The molecule has 0 radical (unpaired) electrons. The molecule has 0 fully saturated rings. The molecule has 0 spiro atoms. The smallest absolute Gasteiger partial charge is 0.207 e. The van der Waals surface area contributed by atoms with Gasteiger partial charge in [-0.1, -0.05) is 6.07 Å². The van der Waals surface area contributed by atoms with Crippen LogP contribution in [0.3, 0.4) is 0 Å². The fourth-order valence-corrected chi connectivity index (χ4v) is 2.94. The highest BCUT2D eigenvalue weighted by Gasteiger charge is 2.31. The largest absolute Gasteiger partial charge is 0.390 e. The van der Waals surface area contributed by atoms with Gasteiger partial charge in [0.1, 0.15) is 0 Å². The fourth-order valence-electron chi connectivity index (χ4n) is 1.52. The summed E-state index contributed by atoms with van der Waals surface area (Å²) in [4.78, 5) is -0.152. The van der Waals surface area contributed by atoms with Gasteiger partial charge in [0.15, 0.2) is 0 Å². The number of rotatable bonds is 4. The topological polar surface area (TPSA) is 61.2 Å². The third-order valence-electron chi connectivity index (χ3n) is 2.72.